The van der Waals surface area contributed by atoms with Gasteiger partial charge in [-0.3, -0.25) is 9.80 Å². The number of nitrogens with one attached hydrogen (secondary N) is 1. The van der Waals surface area contributed by atoms with Crippen LogP contribution in [0.15, 0.2) is 23.2 Å². The van der Waals surface area contributed by atoms with Gasteiger partial charge in [-0.2, -0.15) is 0 Å². The van der Waals surface area contributed by atoms with Crippen molar-refractivity contribution in [3.63, 3.8) is 0 Å². The predicted molar refractivity (Wildman–Crippen MR) is 74.4 cm³/mol. The standard InChI is InChI=1S/C12H16N4O2S/c1-3-5-13-12(19)16-7-4-6-15(16)11(17)10-8-9(2)18-14-10/h3,8H,1,4-7H2,2H3,(H,13,19). The molecular formula is C12H16N4O2S. The van der Waals surface area contributed by atoms with Gasteiger partial charge < -0.3 is 9.84 Å². The molecule has 19 heavy (non-hydrogen) atoms. The van der Waals surface area contributed by atoms with Gasteiger partial charge in [0.15, 0.2) is 10.8 Å². The minimum atomic E-state index is -0.197. The Balaban J connectivity index is 2.08. The minimum Gasteiger partial charge on any atom is -0.361 e. The van der Waals surface area contributed by atoms with Crippen LogP contribution in [0, 0.1) is 6.92 Å². The number of rotatable bonds is 3. The Morgan fingerprint density at radius 3 is 3.00 bits per heavy atom. The molecule has 0 spiro atoms. The van der Waals surface area contributed by atoms with Crippen LogP contribution in [-0.4, -0.2) is 45.8 Å². The molecule has 0 aromatic carbocycles. The third-order valence-corrected chi connectivity index (χ3v) is 3.10. The van der Waals surface area contributed by atoms with Crippen LogP contribution in [0.5, 0.6) is 0 Å². The van der Waals surface area contributed by atoms with E-state index in [0.717, 1.165) is 6.42 Å². The zero-order chi connectivity index (χ0) is 13.8. The predicted octanol–water partition coefficient (Wildman–Crippen LogP) is 1.11. The SMILES string of the molecule is C=CCNC(=S)N1CCCN1C(=O)c1cc(C)on1. The number of amides is 1. The lowest BCUT2D eigenvalue weighted by Gasteiger charge is -2.29. The quantitative estimate of drug-likeness (QED) is 0.661. The highest BCUT2D eigenvalue weighted by molar-refractivity contribution is 7.80. The minimum absolute atomic E-state index is 0.197. The maximum absolute atomic E-state index is 12.3. The van der Waals surface area contributed by atoms with Crippen molar-refractivity contribution in [1.29, 1.82) is 0 Å². The van der Waals surface area contributed by atoms with Gasteiger partial charge in [-0.05, 0) is 25.6 Å². The number of hydrazine groups is 1. The Labute approximate surface area is 117 Å². The molecule has 0 bridgehead atoms. The number of thiocarbonyl (C=S) groups is 1. The average Bonchev–Trinajstić information content (AvgIpc) is 3.03. The van der Waals surface area contributed by atoms with Crippen molar-refractivity contribution >= 4 is 23.2 Å². The van der Waals surface area contributed by atoms with Crippen LogP contribution in [0.3, 0.4) is 0 Å². The number of nitrogens with zero attached hydrogens (tertiary/aromatic N) is 3. The first kappa shape index (κ1) is 13.5. The number of hydrogen-bond donors (Lipinski definition) is 1. The molecule has 0 saturated carbocycles. The second-order valence-electron chi connectivity index (χ2n) is 4.20. The van der Waals surface area contributed by atoms with Crippen molar-refractivity contribution in [2.24, 2.45) is 0 Å². The molecule has 1 aliphatic rings. The van der Waals surface area contributed by atoms with Crippen LogP contribution < -0.4 is 5.32 Å². The van der Waals surface area contributed by atoms with Crippen molar-refractivity contribution in [2.45, 2.75) is 13.3 Å². The molecule has 1 aliphatic heterocycles. The summed E-state index contributed by atoms with van der Waals surface area (Å²) in [5, 5.41) is 10.6. The first-order chi connectivity index (χ1) is 9.13. The normalized spacial score (nSPS) is 14.6. The van der Waals surface area contributed by atoms with Gasteiger partial charge in [-0.15, -0.1) is 6.58 Å². The fourth-order valence-electron chi connectivity index (χ4n) is 1.88. The van der Waals surface area contributed by atoms with E-state index in [4.69, 9.17) is 16.7 Å². The van der Waals surface area contributed by atoms with Gasteiger partial charge in [0.1, 0.15) is 5.76 Å². The molecule has 7 heteroatoms. The largest absolute Gasteiger partial charge is 0.361 e. The van der Waals surface area contributed by atoms with Crippen molar-refractivity contribution < 1.29 is 9.32 Å². The van der Waals surface area contributed by atoms with E-state index in [9.17, 15) is 4.79 Å². The second-order valence-corrected chi connectivity index (χ2v) is 4.59. The van der Waals surface area contributed by atoms with Crippen molar-refractivity contribution in [2.75, 3.05) is 19.6 Å². The van der Waals surface area contributed by atoms with Crippen LogP contribution in [0.4, 0.5) is 0 Å². The first-order valence-corrected chi connectivity index (χ1v) is 6.45. The highest BCUT2D eigenvalue weighted by Gasteiger charge is 2.30. The third kappa shape index (κ3) is 2.93. The lowest BCUT2D eigenvalue weighted by atomic mass is 10.3. The summed E-state index contributed by atoms with van der Waals surface area (Å²) >= 11 is 5.26. The number of aromatic nitrogens is 1. The fraction of sp³-hybridized carbons (Fsp3) is 0.417. The Morgan fingerprint density at radius 2 is 2.37 bits per heavy atom. The molecule has 0 atom stereocenters. The zero-order valence-electron chi connectivity index (χ0n) is 10.8. The molecule has 102 valence electrons. The molecule has 1 fully saturated rings. The smallest absolute Gasteiger partial charge is 0.294 e. The maximum Gasteiger partial charge on any atom is 0.294 e. The van der Waals surface area contributed by atoms with E-state index in [1.165, 1.54) is 0 Å². The summed E-state index contributed by atoms with van der Waals surface area (Å²) in [4.78, 5) is 12.3. The summed E-state index contributed by atoms with van der Waals surface area (Å²) in [6.07, 6.45) is 2.59. The summed E-state index contributed by atoms with van der Waals surface area (Å²) in [7, 11) is 0. The van der Waals surface area contributed by atoms with E-state index in [0.29, 0.717) is 36.2 Å². The molecule has 2 heterocycles. The molecule has 0 aliphatic carbocycles. The van der Waals surface area contributed by atoms with Gasteiger partial charge >= 0.3 is 0 Å². The zero-order valence-corrected chi connectivity index (χ0v) is 11.6. The second kappa shape index (κ2) is 5.83. The van der Waals surface area contributed by atoms with Crippen LogP contribution in [0.25, 0.3) is 0 Å². The first-order valence-electron chi connectivity index (χ1n) is 6.05. The molecule has 2 rings (SSSR count). The van der Waals surface area contributed by atoms with Crippen molar-refractivity contribution in [3.8, 4) is 0 Å². The number of hydrogen-bond acceptors (Lipinski definition) is 4. The Bertz CT molecular complexity index is 500. The lowest BCUT2D eigenvalue weighted by Crippen LogP contribution is -2.49. The molecule has 1 N–H and O–H groups in total. The topological polar surface area (TPSA) is 61.6 Å². The van der Waals surface area contributed by atoms with Gasteiger partial charge in [-0.25, -0.2) is 5.01 Å². The van der Waals surface area contributed by atoms with E-state index < -0.39 is 0 Å². The molecule has 1 saturated heterocycles. The van der Waals surface area contributed by atoms with Crippen LogP contribution in [0.1, 0.15) is 22.7 Å². The maximum atomic E-state index is 12.3. The summed E-state index contributed by atoms with van der Waals surface area (Å²) in [5.74, 6) is 0.415. The van der Waals surface area contributed by atoms with Crippen LogP contribution >= 0.6 is 12.2 Å². The number of carbonyl (C=O) groups excluding carboxylic acids is 1. The highest BCUT2D eigenvalue weighted by atomic mass is 32.1. The molecule has 1 aromatic rings. The molecule has 1 aromatic heterocycles. The summed E-state index contributed by atoms with van der Waals surface area (Å²) < 4.78 is 4.93. The Morgan fingerprint density at radius 1 is 1.63 bits per heavy atom. The van der Waals surface area contributed by atoms with E-state index in [1.54, 1.807) is 29.1 Å². The number of carbonyl (C=O) groups is 1. The van der Waals surface area contributed by atoms with Crippen LogP contribution in [0.2, 0.25) is 0 Å². The Kier molecular flexibility index (Phi) is 4.16. The van der Waals surface area contributed by atoms with Gasteiger partial charge in [0.05, 0.1) is 0 Å². The molecule has 1 amide bonds. The van der Waals surface area contributed by atoms with Crippen LogP contribution in [-0.2, 0) is 0 Å². The van der Waals surface area contributed by atoms with E-state index in [-0.39, 0.29) is 5.91 Å². The van der Waals surface area contributed by atoms with Gasteiger partial charge in [0.2, 0.25) is 0 Å². The number of aryl methyl sites for hydroxylation is 1. The van der Waals surface area contributed by atoms with E-state index in [2.05, 4.69) is 17.1 Å². The van der Waals surface area contributed by atoms with E-state index in [1.807, 2.05) is 0 Å². The lowest BCUT2D eigenvalue weighted by molar-refractivity contribution is 0.0481. The summed E-state index contributed by atoms with van der Waals surface area (Å²) in [5.41, 5.74) is 0.302. The van der Waals surface area contributed by atoms with Gasteiger partial charge in [0, 0.05) is 25.7 Å². The van der Waals surface area contributed by atoms with E-state index >= 15 is 0 Å². The molecule has 6 nitrogen and oxygen atoms in total. The van der Waals surface area contributed by atoms with Gasteiger partial charge in [-0.1, -0.05) is 11.2 Å². The van der Waals surface area contributed by atoms with Crippen molar-refractivity contribution in [3.05, 3.63) is 30.2 Å². The van der Waals surface area contributed by atoms with Gasteiger partial charge in [0.25, 0.3) is 5.91 Å². The highest BCUT2D eigenvalue weighted by Crippen LogP contribution is 2.15. The molecule has 0 unspecified atom stereocenters. The monoisotopic (exact) mass is 280 g/mol. The molecular weight excluding hydrogens is 264 g/mol. The van der Waals surface area contributed by atoms with Crippen molar-refractivity contribution in [1.82, 2.24) is 20.5 Å². The molecule has 0 radical (unpaired) electrons. The average molecular weight is 280 g/mol. The third-order valence-electron chi connectivity index (χ3n) is 2.74. The summed E-state index contributed by atoms with van der Waals surface area (Å²) in [6, 6.07) is 1.62. The Hall–Kier alpha value is -1.89. The summed E-state index contributed by atoms with van der Waals surface area (Å²) in [6.45, 7) is 7.28. The fourth-order valence-corrected chi connectivity index (χ4v) is 2.16.